The minimum atomic E-state index is -0.515. The van der Waals surface area contributed by atoms with Gasteiger partial charge in [-0.2, -0.15) is 0 Å². The number of primary amides is 1. The molecule has 1 aromatic rings. The van der Waals surface area contributed by atoms with Gasteiger partial charge < -0.3 is 21.1 Å². The van der Waals surface area contributed by atoms with E-state index >= 15 is 0 Å². The van der Waals surface area contributed by atoms with Gasteiger partial charge in [0.1, 0.15) is 12.6 Å². The Balaban J connectivity index is 1.83. The fraction of sp³-hybridized carbons (Fsp3) is 0.429. The lowest BCUT2D eigenvalue weighted by Crippen LogP contribution is -2.42. The van der Waals surface area contributed by atoms with Gasteiger partial charge in [0.2, 0.25) is 11.8 Å². The molecule has 1 unspecified atom stereocenters. The van der Waals surface area contributed by atoms with Gasteiger partial charge in [0.15, 0.2) is 0 Å². The maximum atomic E-state index is 12.1. The first-order valence-electron chi connectivity index (χ1n) is 6.63. The summed E-state index contributed by atoms with van der Waals surface area (Å²) in [5, 5.41) is 6.00. The average molecular weight is 277 g/mol. The molecule has 4 N–H and O–H groups in total. The van der Waals surface area contributed by atoms with Gasteiger partial charge in [0.05, 0.1) is 6.61 Å². The predicted octanol–water partition coefficient (Wildman–Crippen LogP) is -0.508. The maximum Gasteiger partial charge on any atom is 0.243 e. The Morgan fingerprint density at radius 3 is 3.00 bits per heavy atom. The van der Waals surface area contributed by atoms with E-state index in [1.165, 1.54) is 5.56 Å². The molecule has 0 spiro atoms. The molecule has 1 heterocycles. The summed E-state index contributed by atoms with van der Waals surface area (Å²) in [7, 11) is 0. The molecule has 0 aromatic heterocycles. The van der Waals surface area contributed by atoms with Crippen LogP contribution in [-0.2, 0) is 20.7 Å². The van der Waals surface area contributed by atoms with E-state index in [0.29, 0.717) is 6.54 Å². The molecule has 2 amide bonds. The number of hydrogen-bond acceptors (Lipinski definition) is 4. The Hall–Kier alpha value is -1.92. The largest absolute Gasteiger partial charge is 0.370 e. The number of nitrogens with two attached hydrogens (primary N) is 1. The molecule has 0 saturated carbocycles. The summed E-state index contributed by atoms with van der Waals surface area (Å²) in [6.07, 6.45) is 0.932. The van der Waals surface area contributed by atoms with Gasteiger partial charge in [-0.15, -0.1) is 0 Å². The molecule has 1 aliphatic heterocycles. The van der Waals surface area contributed by atoms with E-state index in [1.54, 1.807) is 0 Å². The van der Waals surface area contributed by atoms with Gasteiger partial charge in [0.25, 0.3) is 0 Å². The molecule has 1 aromatic carbocycles. The van der Waals surface area contributed by atoms with Crippen LogP contribution in [0.3, 0.4) is 0 Å². The van der Waals surface area contributed by atoms with Crippen LogP contribution in [0, 0.1) is 0 Å². The molecule has 0 fully saturated rings. The smallest absolute Gasteiger partial charge is 0.243 e. The molecular weight excluding hydrogens is 258 g/mol. The molecule has 0 bridgehead atoms. The van der Waals surface area contributed by atoms with Crippen LogP contribution in [0.4, 0.5) is 0 Å². The number of fused-ring (bicyclic) bond motifs is 1. The van der Waals surface area contributed by atoms with Crippen molar-refractivity contribution in [2.45, 2.75) is 12.5 Å². The molecule has 20 heavy (non-hydrogen) atoms. The van der Waals surface area contributed by atoms with E-state index in [2.05, 4.69) is 10.6 Å². The van der Waals surface area contributed by atoms with Crippen molar-refractivity contribution in [1.29, 1.82) is 0 Å². The minimum absolute atomic E-state index is 0.0835. The molecule has 1 atom stereocenters. The summed E-state index contributed by atoms with van der Waals surface area (Å²) in [6, 6.07) is 7.61. The number of ether oxygens (including phenoxy) is 1. The van der Waals surface area contributed by atoms with Crippen LogP contribution in [0.15, 0.2) is 24.3 Å². The topological polar surface area (TPSA) is 93.5 Å². The SMILES string of the molecule is NC(=O)COCCNC(=O)C1NCCc2ccccc21. The highest BCUT2D eigenvalue weighted by Crippen LogP contribution is 2.22. The lowest BCUT2D eigenvalue weighted by molar-refractivity contribution is -0.124. The van der Waals surface area contributed by atoms with Crippen molar-refractivity contribution in [2.24, 2.45) is 5.73 Å². The van der Waals surface area contributed by atoms with Crippen LogP contribution >= 0.6 is 0 Å². The molecule has 0 aliphatic carbocycles. The number of amides is 2. The van der Waals surface area contributed by atoms with Crippen LogP contribution in [0.1, 0.15) is 17.2 Å². The highest BCUT2D eigenvalue weighted by atomic mass is 16.5. The van der Waals surface area contributed by atoms with Crippen LogP contribution in [0.2, 0.25) is 0 Å². The molecule has 0 saturated heterocycles. The summed E-state index contributed by atoms with van der Waals surface area (Å²) in [6.45, 7) is 1.28. The first-order valence-corrected chi connectivity index (χ1v) is 6.63. The van der Waals surface area contributed by atoms with Crippen molar-refractivity contribution in [2.75, 3.05) is 26.3 Å². The lowest BCUT2D eigenvalue weighted by atomic mass is 9.94. The van der Waals surface area contributed by atoms with Gasteiger partial charge in [-0.25, -0.2) is 0 Å². The molecule has 1 aliphatic rings. The number of hydrogen-bond donors (Lipinski definition) is 3. The fourth-order valence-corrected chi connectivity index (χ4v) is 2.26. The van der Waals surface area contributed by atoms with Crippen LogP contribution in [0.25, 0.3) is 0 Å². The van der Waals surface area contributed by atoms with E-state index in [1.807, 2.05) is 24.3 Å². The Morgan fingerprint density at radius 1 is 1.40 bits per heavy atom. The fourth-order valence-electron chi connectivity index (χ4n) is 2.26. The number of rotatable bonds is 6. The monoisotopic (exact) mass is 277 g/mol. The first kappa shape index (κ1) is 14.5. The maximum absolute atomic E-state index is 12.1. The van der Waals surface area contributed by atoms with Crippen molar-refractivity contribution in [3.8, 4) is 0 Å². The van der Waals surface area contributed by atoms with E-state index in [4.69, 9.17) is 10.5 Å². The predicted molar refractivity (Wildman–Crippen MR) is 73.9 cm³/mol. The zero-order valence-corrected chi connectivity index (χ0v) is 11.2. The molecule has 108 valence electrons. The lowest BCUT2D eigenvalue weighted by Gasteiger charge is -2.26. The average Bonchev–Trinajstić information content (AvgIpc) is 2.45. The highest BCUT2D eigenvalue weighted by molar-refractivity contribution is 5.83. The summed E-state index contributed by atoms with van der Waals surface area (Å²) in [4.78, 5) is 22.6. The molecular formula is C14H19N3O3. The Bertz CT molecular complexity index is 490. The summed E-state index contributed by atoms with van der Waals surface area (Å²) in [5.74, 6) is -0.598. The minimum Gasteiger partial charge on any atom is -0.370 e. The van der Waals surface area contributed by atoms with Gasteiger partial charge in [-0.1, -0.05) is 24.3 Å². The van der Waals surface area contributed by atoms with Crippen molar-refractivity contribution in [1.82, 2.24) is 10.6 Å². The Labute approximate surface area is 117 Å². The summed E-state index contributed by atoms with van der Waals surface area (Å²) < 4.78 is 4.99. The van der Waals surface area contributed by atoms with Gasteiger partial charge in [-0.3, -0.25) is 9.59 Å². The van der Waals surface area contributed by atoms with Gasteiger partial charge in [-0.05, 0) is 17.5 Å². The highest BCUT2D eigenvalue weighted by Gasteiger charge is 2.25. The van der Waals surface area contributed by atoms with Crippen molar-refractivity contribution >= 4 is 11.8 Å². The Morgan fingerprint density at radius 2 is 2.20 bits per heavy atom. The third-order valence-corrected chi connectivity index (χ3v) is 3.16. The number of carbonyl (C=O) groups is 2. The first-order chi connectivity index (χ1) is 9.68. The summed E-state index contributed by atoms with van der Waals surface area (Å²) >= 11 is 0. The zero-order valence-electron chi connectivity index (χ0n) is 11.2. The van der Waals surface area contributed by atoms with Gasteiger partial charge >= 0.3 is 0 Å². The molecule has 0 radical (unpaired) electrons. The number of carbonyl (C=O) groups excluding carboxylic acids is 2. The van der Waals surface area contributed by atoms with E-state index in [9.17, 15) is 9.59 Å². The normalized spacial score (nSPS) is 17.3. The summed E-state index contributed by atoms with van der Waals surface area (Å²) in [5.41, 5.74) is 7.17. The third kappa shape index (κ3) is 3.79. The zero-order chi connectivity index (χ0) is 14.4. The molecule has 6 heteroatoms. The van der Waals surface area contributed by atoms with Crippen LogP contribution in [-0.4, -0.2) is 38.1 Å². The Kier molecular flexibility index (Phi) is 5.09. The number of nitrogens with one attached hydrogen (secondary N) is 2. The van der Waals surface area contributed by atoms with Crippen LogP contribution in [0.5, 0.6) is 0 Å². The van der Waals surface area contributed by atoms with Crippen molar-refractivity contribution in [3.63, 3.8) is 0 Å². The molecule has 6 nitrogen and oxygen atoms in total. The quantitative estimate of drug-likeness (QED) is 0.611. The van der Waals surface area contributed by atoms with Crippen LogP contribution < -0.4 is 16.4 Å². The number of benzene rings is 1. The van der Waals surface area contributed by atoms with Crippen molar-refractivity contribution in [3.05, 3.63) is 35.4 Å². The van der Waals surface area contributed by atoms with E-state index < -0.39 is 5.91 Å². The molecule has 2 rings (SSSR count). The van der Waals surface area contributed by atoms with E-state index in [0.717, 1.165) is 18.5 Å². The second-order valence-corrected chi connectivity index (χ2v) is 4.65. The third-order valence-electron chi connectivity index (χ3n) is 3.16. The van der Waals surface area contributed by atoms with Gasteiger partial charge in [0, 0.05) is 13.1 Å². The standard InChI is InChI=1S/C14H19N3O3/c15-12(18)9-20-8-7-17-14(19)13-11-4-2-1-3-10(11)5-6-16-13/h1-4,13,16H,5-9H2,(H2,15,18)(H,17,19). The van der Waals surface area contributed by atoms with Crippen molar-refractivity contribution < 1.29 is 14.3 Å². The second kappa shape index (κ2) is 7.02. The van der Waals surface area contributed by atoms with E-state index in [-0.39, 0.29) is 25.2 Å². The second-order valence-electron chi connectivity index (χ2n) is 4.65.